The van der Waals surface area contributed by atoms with Gasteiger partial charge in [0.25, 0.3) is 0 Å². The zero-order chi connectivity index (χ0) is 24.8. The Balaban J connectivity index is 1.32. The summed E-state index contributed by atoms with van der Waals surface area (Å²) in [5, 5.41) is 1.12. The summed E-state index contributed by atoms with van der Waals surface area (Å²) in [5.41, 5.74) is 4.23. The van der Waals surface area contributed by atoms with Gasteiger partial charge in [-0.15, -0.1) is 11.7 Å². The fraction of sp³-hybridized carbons (Fsp3) is 0.781. The molecule has 1 nitrogen and oxygen atoms in total. The number of thiol groups is 1. The van der Waals surface area contributed by atoms with Crippen LogP contribution >= 0.6 is 22.5 Å². The van der Waals surface area contributed by atoms with Crippen molar-refractivity contribution >= 4 is 22.5 Å². The molecule has 0 amide bonds. The number of rotatable bonds is 7. The third-order valence-electron chi connectivity index (χ3n) is 11.6. The van der Waals surface area contributed by atoms with Crippen molar-refractivity contribution < 1.29 is 0 Å². The monoisotopic (exact) mass is 511 g/mol. The quantitative estimate of drug-likeness (QED) is 0.222. The van der Waals surface area contributed by atoms with Gasteiger partial charge in [0.2, 0.25) is 0 Å². The maximum atomic E-state index is 4.62. The second-order valence-electron chi connectivity index (χ2n) is 13.7. The summed E-state index contributed by atoms with van der Waals surface area (Å²) in [7, 11) is 1.52. The lowest BCUT2D eigenvalue weighted by atomic mass is 9.46. The third-order valence-corrected chi connectivity index (χ3v) is 12.7. The summed E-state index contributed by atoms with van der Waals surface area (Å²) < 4.78 is 0. The van der Waals surface area contributed by atoms with Gasteiger partial charge in [0.05, 0.1) is 0 Å². The van der Waals surface area contributed by atoms with Crippen molar-refractivity contribution in [2.45, 2.75) is 116 Å². The standard InChI is InChI=1S/C32H49NS2/c1-21(2)8-6-9-22(3)27-13-14-28-26-12-11-24-20-23(25-10-7-19-33-30(25)35-34)15-17-31(24,4)29(26)16-18-32(27,28)5/h7,10-11,19,21-23,26-29,34H,6,8-9,12-18,20H2,1-5H3/t22-,23+,26+,27-,28+,29+,31+,32-/m1/s1. The van der Waals surface area contributed by atoms with E-state index in [2.05, 4.69) is 69.5 Å². The van der Waals surface area contributed by atoms with Gasteiger partial charge in [-0.25, -0.2) is 4.98 Å². The molecule has 0 aromatic carbocycles. The van der Waals surface area contributed by atoms with Gasteiger partial charge in [-0.2, -0.15) is 0 Å². The van der Waals surface area contributed by atoms with Crippen molar-refractivity contribution in [3.8, 4) is 0 Å². The SMILES string of the molecule is CC(C)CCC[C@@H](C)[C@H]1CC[C@H]2[C@@H]3CC=C4C[C@@H](c5cccnc5SS)CC[C@]4(C)[C@H]3CC[C@]12C. The van der Waals surface area contributed by atoms with Crippen LogP contribution in [-0.4, -0.2) is 4.98 Å². The van der Waals surface area contributed by atoms with Crippen molar-refractivity contribution in [3.63, 3.8) is 0 Å². The molecule has 0 bridgehead atoms. The number of allylic oxidation sites excluding steroid dienone is 2. The Labute approximate surface area is 224 Å². The normalized spacial score (nSPS) is 39.5. The van der Waals surface area contributed by atoms with Gasteiger partial charge in [0.1, 0.15) is 5.03 Å². The molecule has 3 heteroatoms. The van der Waals surface area contributed by atoms with Crippen molar-refractivity contribution in [2.24, 2.45) is 46.3 Å². The van der Waals surface area contributed by atoms with E-state index in [-0.39, 0.29) is 0 Å². The Bertz CT molecular complexity index is 924. The molecule has 1 aromatic rings. The molecule has 1 aromatic heterocycles. The van der Waals surface area contributed by atoms with Crippen LogP contribution in [0.15, 0.2) is 35.0 Å². The molecule has 0 N–H and O–H groups in total. The van der Waals surface area contributed by atoms with Gasteiger partial charge in [0.15, 0.2) is 0 Å². The first-order valence-corrected chi connectivity index (χ1v) is 16.6. The molecule has 8 atom stereocenters. The summed E-state index contributed by atoms with van der Waals surface area (Å²) in [6, 6.07) is 4.42. The zero-order valence-electron chi connectivity index (χ0n) is 22.9. The van der Waals surface area contributed by atoms with Crippen LogP contribution in [0.25, 0.3) is 0 Å². The number of nitrogens with zero attached hydrogens (tertiary/aromatic N) is 1. The summed E-state index contributed by atoms with van der Waals surface area (Å²) in [6.45, 7) is 12.7. The van der Waals surface area contributed by atoms with E-state index in [1.165, 1.54) is 87.0 Å². The van der Waals surface area contributed by atoms with Crippen LogP contribution in [0.4, 0.5) is 0 Å². The fourth-order valence-corrected chi connectivity index (χ4v) is 10.6. The molecule has 4 aliphatic carbocycles. The largest absolute Gasteiger partial charge is 0.249 e. The number of hydrogen-bond acceptors (Lipinski definition) is 3. The lowest BCUT2D eigenvalue weighted by Gasteiger charge is -2.58. The van der Waals surface area contributed by atoms with Crippen LogP contribution in [0.1, 0.15) is 117 Å². The van der Waals surface area contributed by atoms with E-state index < -0.39 is 0 Å². The van der Waals surface area contributed by atoms with E-state index in [1.807, 2.05) is 6.20 Å². The average molecular weight is 512 g/mol. The Hall–Kier alpha value is -0.410. The Morgan fingerprint density at radius 2 is 1.89 bits per heavy atom. The maximum Gasteiger partial charge on any atom is 0.110 e. The lowest BCUT2D eigenvalue weighted by molar-refractivity contribution is -0.0510. The molecule has 194 valence electrons. The second kappa shape index (κ2) is 10.4. The molecule has 0 radical (unpaired) electrons. The van der Waals surface area contributed by atoms with Gasteiger partial charge in [-0.3, -0.25) is 0 Å². The number of hydrogen-bond donors (Lipinski definition) is 1. The summed E-state index contributed by atoms with van der Waals surface area (Å²) in [4.78, 5) is 4.62. The fourth-order valence-electron chi connectivity index (χ4n) is 9.74. The minimum Gasteiger partial charge on any atom is -0.249 e. The van der Waals surface area contributed by atoms with E-state index in [4.69, 9.17) is 0 Å². The lowest BCUT2D eigenvalue weighted by Crippen LogP contribution is -2.50. The van der Waals surface area contributed by atoms with Crippen LogP contribution < -0.4 is 0 Å². The van der Waals surface area contributed by atoms with Gasteiger partial charge in [0, 0.05) is 6.20 Å². The topological polar surface area (TPSA) is 12.9 Å². The van der Waals surface area contributed by atoms with E-state index in [0.29, 0.717) is 16.7 Å². The molecule has 35 heavy (non-hydrogen) atoms. The molecule has 0 spiro atoms. The molecular formula is C32H49NS2. The highest BCUT2D eigenvalue weighted by atomic mass is 33.1. The minimum atomic E-state index is 0.429. The zero-order valence-corrected chi connectivity index (χ0v) is 24.6. The Kier molecular flexibility index (Phi) is 7.78. The van der Waals surface area contributed by atoms with Crippen LogP contribution in [0.2, 0.25) is 0 Å². The Morgan fingerprint density at radius 3 is 2.66 bits per heavy atom. The molecule has 0 aliphatic heterocycles. The predicted octanol–water partition coefficient (Wildman–Crippen LogP) is 10.1. The van der Waals surface area contributed by atoms with E-state index in [1.54, 1.807) is 5.57 Å². The summed E-state index contributed by atoms with van der Waals surface area (Å²) in [5.74, 6) is 6.11. The molecule has 0 unspecified atom stereocenters. The van der Waals surface area contributed by atoms with Gasteiger partial charge < -0.3 is 0 Å². The second-order valence-corrected chi connectivity index (χ2v) is 14.8. The van der Waals surface area contributed by atoms with Crippen LogP contribution in [0.3, 0.4) is 0 Å². The van der Waals surface area contributed by atoms with Crippen LogP contribution in [-0.2, 0) is 0 Å². The molecule has 4 aliphatic rings. The van der Waals surface area contributed by atoms with Crippen molar-refractivity contribution in [2.75, 3.05) is 0 Å². The van der Waals surface area contributed by atoms with Crippen molar-refractivity contribution in [1.82, 2.24) is 4.98 Å². The average Bonchev–Trinajstić information content (AvgIpc) is 3.20. The summed E-state index contributed by atoms with van der Waals surface area (Å²) >= 11 is 4.50. The first-order chi connectivity index (χ1) is 16.8. The van der Waals surface area contributed by atoms with Crippen LogP contribution in [0, 0.1) is 46.3 Å². The van der Waals surface area contributed by atoms with Gasteiger partial charge >= 0.3 is 0 Å². The maximum absolute atomic E-state index is 4.62. The third kappa shape index (κ3) is 4.68. The van der Waals surface area contributed by atoms with E-state index in [9.17, 15) is 0 Å². The number of fused-ring (bicyclic) bond motifs is 5. The molecule has 5 rings (SSSR count). The summed E-state index contributed by atoms with van der Waals surface area (Å²) in [6.07, 6.45) is 20.1. The number of aromatic nitrogens is 1. The van der Waals surface area contributed by atoms with Crippen LogP contribution in [0.5, 0.6) is 0 Å². The molecule has 1 heterocycles. The first kappa shape index (κ1) is 26.2. The predicted molar refractivity (Wildman–Crippen MR) is 155 cm³/mol. The highest BCUT2D eigenvalue weighted by Crippen LogP contribution is 2.68. The molecule has 0 saturated heterocycles. The van der Waals surface area contributed by atoms with E-state index in [0.717, 1.165) is 40.5 Å². The molecule has 3 saturated carbocycles. The highest BCUT2D eigenvalue weighted by Gasteiger charge is 2.59. The van der Waals surface area contributed by atoms with Gasteiger partial charge in [-0.05, 0) is 126 Å². The van der Waals surface area contributed by atoms with Crippen molar-refractivity contribution in [3.05, 3.63) is 35.5 Å². The highest BCUT2D eigenvalue weighted by molar-refractivity contribution is 8.68. The first-order valence-electron chi connectivity index (χ1n) is 14.7. The van der Waals surface area contributed by atoms with Gasteiger partial charge in [-0.1, -0.05) is 71.6 Å². The molecular weight excluding hydrogens is 462 g/mol. The smallest absolute Gasteiger partial charge is 0.110 e. The Morgan fingerprint density at radius 1 is 1.06 bits per heavy atom. The van der Waals surface area contributed by atoms with Crippen molar-refractivity contribution in [1.29, 1.82) is 0 Å². The minimum absolute atomic E-state index is 0.429. The number of pyridine rings is 1. The molecule has 3 fully saturated rings. The van der Waals surface area contributed by atoms with E-state index >= 15 is 0 Å².